The molecule has 1 aromatic carbocycles. The molecule has 3 atom stereocenters. The minimum Gasteiger partial charge on any atom is -0.0651 e. The zero-order valence-electron chi connectivity index (χ0n) is 12.3. The van der Waals surface area contributed by atoms with Crippen molar-refractivity contribution in [2.45, 2.75) is 59.3 Å². The fourth-order valence-electron chi connectivity index (χ4n) is 3.56. The molecule has 0 radical (unpaired) electrons. The Kier molecular flexibility index (Phi) is 4.86. The molecule has 0 bridgehead atoms. The van der Waals surface area contributed by atoms with Crippen molar-refractivity contribution in [3.05, 3.63) is 35.4 Å². The van der Waals surface area contributed by atoms with E-state index in [2.05, 4.69) is 45.0 Å². The first-order chi connectivity index (χ1) is 8.69. The molecule has 0 heterocycles. The van der Waals surface area contributed by atoms with Crippen molar-refractivity contribution in [1.29, 1.82) is 0 Å². The Morgan fingerprint density at radius 2 is 1.83 bits per heavy atom. The van der Waals surface area contributed by atoms with Gasteiger partial charge in [-0.25, -0.2) is 0 Å². The summed E-state index contributed by atoms with van der Waals surface area (Å²) < 4.78 is 0. The van der Waals surface area contributed by atoms with Crippen LogP contribution < -0.4 is 0 Å². The highest BCUT2D eigenvalue weighted by Crippen LogP contribution is 2.37. The van der Waals surface area contributed by atoms with Crippen LogP contribution in [0.3, 0.4) is 0 Å². The molecule has 0 spiro atoms. The summed E-state index contributed by atoms with van der Waals surface area (Å²) in [4.78, 5) is 0. The SMILES string of the molecule is CCC1CCC(CCc2ccc(C)cc2)CC1C. The molecule has 0 nitrogen and oxygen atoms in total. The van der Waals surface area contributed by atoms with Crippen molar-refractivity contribution in [3.8, 4) is 0 Å². The van der Waals surface area contributed by atoms with Crippen molar-refractivity contribution in [1.82, 2.24) is 0 Å². The Morgan fingerprint density at radius 1 is 1.11 bits per heavy atom. The standard InChI is InChI=1S/C18H28/c1-4-18-12-11-17(13-15(18)3)10-9-16-7-5-14(2)6-8-16/h5-8,15,17-18H,4,9-13H2,1-3H3. The largest absolute Gasteiger partial charge is 0.0651 e. The van der Waals surface area contributed by atoms with Gasteiger partial charge in [-0.2, -0.15) is 0 Å². The van der Waals surface area contributed by atoms with E-state index in [-0.39, 0.29) is 0 Å². The van der Waals surface area contributed by atoms with E-state index in [1.807, 2.05) is 0 Å². The van der Waals surface area contributed by atoms with Gasteiger partial charge in [-0.1, -0.05) is 56.5 Å². The van der Waals surface area contributed by atoms with E-state index in [0.29, 0.717) is 0 Å². The Morgan fingerprint density at radius 3 is 2.44 bits per heavy atom. The summed E-state index contributed by atoms with van der Waals surface area (Å²) in [6, 6.07) is 9.09. The Labute approximate surface area is 113 Å². The lowest BCUT2D eigenvalue weighted by molar-refractivity contribution is 0.182. The van der Waals surface area contributed by atoms with Crippen LogP contribution >= 0.6 is 0 Å². The van der Waals surface area contributed by atoms with Crippen LogP contribution in [0.2, 0.25) is 0 Å². The molecule has 3 unspecified atom stereocenters. The molecule has 1 saturated carbocycles. The van der Waals surface area contributed by atoms with Crippen LogP contribution in [0.4, 0.5) is 0 Å². The van der Waals surface area contributed by atoms with Gasteiger partial charge in [0.2, 0.25) is 0 Å². The second-order valence-electron chi connectivity index (χ2n) is 6.35. The fourth-order valence-corrected chi connectivity index (χ4v) is 3.56. The Hall–Kier alpha value is -0.780. The third-order valence-corrected chi connectivity index (χ3v) is 4.94. The highest BCUT2D eigenvalue weighted by Gasteiger charge is 2.25. The Balaban J connectivity index is 1.79. The third kappa shape index (κ3) is 3.60. The van der Waals surface area contributed by atoms with E-state index in [4.69, 9.17) is 0 Å². The minimum atomic E-state index is 0.951. The second-order valence-corrected chi connectivity index (χ2v) is 6.35. The number of rotatable bonds is 4. The predicted molar refractivity (Wildman–Crippen MR) is 79.8 cm³/mol. The normalized spacial score (nSPS) is 28.3. The summed E-state index contributed by atoms with van der Waals surface area (Å²) in [7, 11) is 0. The average Bonchev–Trinajstić information content (AvgIpc) is 2.38. The molecule has 0 saturated heterocycles. The van der Waals surface area contributed by atoms with E-state index in [1.54, 1.807) is 0 Å². The number of hydrogen-bond acceptors (Lipinski definition) is 0. The van der Waals surface area contributed by atoms with Crippen LogP contribution in [0.5, 0.6) is 0 Å². The quantitative estimate of drug-likeness (QED) is 0.666. The molecule has 18 heavy (non-hydrogen) atoms. The molecule has 1 aliphatic rings. The number of aryl methyl sites for hydroxylation is 2. The molecule has 0 aliphatic heterocycles. The molecule has 1 aromatic rings. The zero-order valence-corrected chi connectivity index (χ0v) is 12.3. The number of benzene rings is 1. The van der Waals surface area contributed by atoms with E-state index in [0.717, 1.165) is 17.8 Å². The van der Waals surface area contributed by atoms with Gasteiger partial charge in [-0.3, -0.25) is 0 Å². The van der Waals surface area contributed by atoms with Crippen LogP contribution in [-0.2, 0) is 6.42 Å². The molecule has 0 aromatic heterocycles. The van der Waals surface area contributed by atoms with Gasteiger partial charge in [0.25, 0.3) is 0 Å². The number of hydrogen-bond donors (Lipinski definition) is 0. The predicted octanol–water partition coefficient (Wildman–Crippen LogP) is 5.39. The molecule has 100 valence electrons. The molecule has 1 aliphatic carbocycles. The van der Waals surface area contributed by atoms with Crippen LogP contribution in [0.15, 0.2) is 24.3 Å². The van der Waals surface area contributed by atoms with Crippen molar-refractivity contribution < 1.29 is 0 Å². The van der Waals surface area contributed by atoms with E-state index < -0.39 is 0 Å². The maximum Gasteiger partial charge on any atom is -0.0276 e. The highest BCUT2D eigenvalue weighted by atomic mass is 14.3. The van der Waals surface area contributed by atoms with Gasteiger partial charge < -0.3 is 0 Å². The lowest BCUT2D eigenvalue weighted by Crippen LogP contribution is -2.22. The summed E-state index contributed by atoms with van der Waals surface area (Å²) in [6.45, 7) is 6.98. The summed E-state index contributed by atoms with van der Waals surface area (Å²) in [5.41, 5.74) is 2.89. The minimum absolute atomic E-state index is 0.951. The van der Waals surface area contributed by atoms with E-state index in [1.165, 1.54) is 49.7 Å². The van der Waals surface area contributed by atoms with Gasteiger partial charge in [0, 0.05) is 0 Å². The van der Waals surface area contributed by atoms with Crippen LogP contribution in [-0.4, -0.2) is 0 Å². The first kappa shape index (κ1) is 13.6. The molecular weight excluding hydrogens is 216 g/mol. The van der Waals surface area contributed by atoms with Gasteiger partial charge in [-0.05, 0) is 55.9 Å². The summed E-state index contributed by atoms with van der Waals surface area (Å²) in [5.74, 6) is 2.93. The molecular formula is C18H28. The van der Waals surface area contributed by atoms with Crippen LogP contribution in [0.25, 0.3) is 0 Å². The van der Waals surface area contributed by atoms with Gasteiger partial charge >= 0.3 is 0 Å². The Bertz CT molecular complexity index is 349. The molecule has 0 N–H and O–H groups in total. The first-order valence-electron chi connectivity index (χ1n) is 7.74. The summed E-state index contributed by atoms with van der Waals surface area (Å²) in [5, 5.41) is 0. The van der Waals surface area contributed by atoms with Crippen molar-refractivity contribution in [2.24, 2.45) is 17.8 Å². The summed E-state index contributed by atoms with van der Waals surface area (Å²) >= 11 is 0. The lowest BCUT2D eigenvalue weighted by atomic mass is 9.72. The molecule has 1 fully saturated rings. The monoisotopic (exact) mass is 244 g/mol. The molecule has 0 amide bonds. The van der Waals surface area contributed by atoms with Gasteiger partial charge in [0.1, 0.15) is 0 Å². The van der Waals surface area contributed by atoms with Gasteiger partial charge in [0.15, 0.2) is 0 Å². The smallest absolute Gasteiger partial charge is 0.0276 e. The average molecular weight is 244 g/mol. The fraction of sp³-hybridized carbons (Fsp3) is 0.667. The van der Waals surface area contributed by atoms with Crippen molar-refractivity contribution >= 4 is 0 Å². The summed E-state index contributed by atoms with van der Waals surface area (Å²) in [6.07, 6.45) is 8.44. The van der Waals surface area contributed by atoms with Gasteiger partial charge in [0.05, 0.1) is 0 Å². The van der Waals surface area contributed by atoms with E-state index >= 15 is 0 Å². The first-order valence-corrected chi connectivity index (χ1v) is 7.74. The van der Waals surface area contributed by atoms with Crippen molar-refractivity contribution in [2.75, 3.05) is 0 Å². The third-order valence-electron chi connectivity index (χ3n) is 4.94. The van der Waals surface area contributed by atoms with Crippen LogP contribution in [0.1, 0.15) is 57.1 Å². The highest BCUT2D eigenvalue weighted by molar-refractivity contribution is 5.21. The van der Waals surface area contributed by atoms with Crippen molar-refractivity contribution in [3.63, 3.8) is 0 Å². The molecule has 0 heteroatoms. The molecule has 2 rings (SSSR count). The van der Waals surface area contributed by atoms with Gasteiger partial charge in [-0.15, -0.1) is 0 Å². The maximum absolute atomic E-state index is 2.46. The maximum atomic E-state index is 2.46. The zero-order chi connectivity index (χ0) is 13.0. The lowest BCUT2D eigenvalue weighted by Gasteiger charge is -2.33. The van der Waals surface area contributed by atoms with Crippen LogP contribution in [0, 0.1) is 24.7 Å². The second kappa shape index (κ2) is 6.41. The van der Waals surface area contributed by atoms with E-state index in [9.17, 15) is 0 Å². The topological polar surface area (TPSA) is 0 Å².